The minimum atomic E-state index is -0.756. The summed E-state index contributed by atoms with van der Waals surface area (Å²) in [7, 11) is 0. The number of aliphatic hydroxyl groups is 1. The van der Waals surface area contributed by atoms with Crippen LogP contribution in [0, 0.1) is 0 Å². The number of ether oxygens (including phenoxy) is 2. The molecule has 0 aliphatic carbocycles. The summed E-state index contributed by atoms with van der Waals surface area (Å²) in [5.41, 5.74) is -0.226. The lowest BCUT2D eigenvalue weighted by Gasteiger charge is -2.10. The Morgan fingerprint density at radius 3 is 2.28 bits per heavy atom. The van der Waals surface area contributed by atoms with Crippen LogP contribution in [0.1, 0.15) is 31.1 Å². The van der Waals surface area contributed by atoms with Gasteiger partial charge in [-0.05, 0) is 26.8 Å². The zero-order chi connectivity index (χ0) is 19.1. The van der Waals surface area contributed by atoms with Gasteiger partial charge in [0.25, 0.3) is 0 Å². The molecule has 0 aliphatic rings. The molecular weight excluding hydrogens is 393 g/mol. The number of hydrogen-bond acceptors (Lipinski definition) is 6. The van der Waals surface area contributed by atoms with E-state index in [1.807, 2.05) is 0 Å². The number of nitrogens with zero attached hydrogens (tertiary/aromatic N) is 1. The highest BCUT2D eigenvalue weighted by molar-refractivity contribution is 6.47. The Bertz CT molecular complexity index is 740. The minimum absolute atomic E-state index is 0.0312. The molecule has 0 aliphatic heterocycles. The normalized spacial score (nSPS) is 12.1. The molecule has 0 aromatic heterocycles. The van der Waals surface area contributed by atoms with Crippen LogP contribution in [-0.4, -0.2) is 36.5 Å². The quantitative estimate of drug-likeness (QED) is 0.237. The van der Waals surface area contributed by atoms with Crippen molar-refractivity contribution in [3.8, 4) is 0 Å². The first-order valence-electron chi connectivity index (χ1n) is 7.20. The van der Waals surface area contributed by atoms with Gasteiger partial charge in [-0.2, -0.15) is 0 Å². The number of aliphatic imine (C=N–C) groups is 1. The van der Waals surface area contributed by atoms with Gasteiger partial charge in [-0.3, -0.25) is 4.99 Å². The maximum Gasteiger partial charge on any atom is 0.343 e. The summed E-state index contributed by atoms with van der Waals surface area (Å²) in [4.78, 5) is 27.8. The van der Waals surface area contributed by atoms with Crippen molar-refractivity contribution in [1.29, 1.82) is 0 Å². The van der Waals surface area contributed by atoms with E-state index >= 15 is 0 Å². The molecule has 1 rings (SSSR count). The Hall–Kier alpha value is -1.76. The van der Waals surface area contributed by atoms with Crippen molar-refractivity contribution in [3.63, 3.8) is 0 Å². The van der Waals surface area contributed by atoms with Gasteiger partial charge < -0.3 is 14.6 Å². The molecule has 6 nitrogen and oxygen atoms in total. The van der Waals surface area contributed by atoms with Crippen LogP contribution in [0.25, 0.3) is 0 Å². The maximum absolute atomic E-state index is 12.0. The molecular formula is C16H16Cl3NO5. The lowest BCUT2D eigenvalue weighted by molar-refractivity contribution is -0.138. The number of benzene rings is 1. The average molecular weight is 409 g/mol. The fourth-order valence-electron chi connectivity index (χ4n) is 1.70. The third-order valence-corrected chi connectivity index (χ3v) is 4.00. The first-order chi connectivity index (χ1) is 11.7. The van der Waals surface area contributed by atoms with E-state index < -0.39 is 11.9 Å². The molecule has 0 saturated carbocycles. The number of rotatable bonds is 6. The molecule has 1 N–H and O–H groups in total. The van der Waals surface area contributed by atoms with Gasteiger partial charge >= 0.3 is 11.9 Å². The van der Waals surface area contributed by atoms with Crippen LogP contribution in [-0.2, 0) is 14.3 Å². The monoisotopic (exact) mass is 407 g/mol. The third kappa shape index (κ3) is 5.36. The number of esters is 2. The molecule has 25 heavy (non-hydrogen) atoms. The van der Waals surface area contributed by atoms with Crippen LogP contribution in [0.3, 0.4) is 0 Å². The smallest absolute Gasteiger partial charge is 0.343 e. The van der Waals surface area contributed by atoms with Crippen molar-refractivity contribution in [3.05, 3.63) is 38.0 Å². The van der Waals surface area contributed by atoms with Crippen LogP contribution in [0.5, 0.6) is 0 Å². The second kappa shape index (κ2) is 9.65. The number of hydrogen-bond donors (Lipinski definition) is 1. The molecule has 0 heterocycles. The summed E-state index contributed by atoms with van der Waals surface area (Å²) in [6.07, 6.45) is 1.06. The van der Waals surface area contributed by atoms with E-state index in [0.717, 1.165) is 6.21 Å². The van der Waals surface area contributed by atoms with Gasteiger partial charge in [-0.1, -0.05) is 34.8 Å². The first-order valence-corrected chi connectivity index (χ1v) is 8.33. The van der Waals surface area contributed by atoms with Crippen molar-refractivity contribution in [2.75, 3.05) is 13.2 Å². The predicted molar refractivity (Wildman–Crippen MR) is 97.5 cm³/mol. The highest BCUT2D eigenvalue weighted by Gasteiger charge is 2.22. The molecule has 0 radical (unpaired) electrons. The number of halogens is 3. The van der Waals surface area contributed by atoms with Gasteiger partial charge in [0, 0.05) is 6.21 Å². The van der Waals surface area contributed by atoms with E-state index in [-0.39, 0.29) is 50.9 Å². The van der Waals surface area contributed by atoms with Crippen LogP contribution in [0.15, 0.2) is 22.4 Å². The number of allylic oxidation sites excluding steroid dienone is 1. The van der Waals surface area contributed by atoms with Gasteiger partial charge in [0.15, 0.2) is 0 Å². The standard InChI is InChI=1S/C16H16Cl3NO5/c1-4-24-15(22)9(8(3)21)7-20-11-6-10(17)13(18)12(14(11)19)16(23)25-5-2/h6-7,21H,4-5H2,1-3H3. The van der Waals surface area contributed by atoms with Crippen LogP contribution in [0.4, 0.5) is 5.69 Å². The summed E-state index contributed by atoms with van der Waals surface area (Å²) in [5, 5.41) is 9.47. The van der Waals surface area contributed by atoms with E-state index in [0.29, 0.717) is 0 Å². The molecule has 0 amide bonds. The molecule has 9 heteroatoms. The van der Waals surface area contributed by atoms with Crippen LogP contribution in [0.2, 0.25) is 15.1 Å². The van der Waals surface area contributed by atoms with Crippen molar-refractivity contribution >= 4 is 58.6 Å². The molecule has 0 bridgehead atoms. The van der Waals surface area contributed by atoms with Gasteiger partial charge in [-0.15, -0.1) is 0 Å². The zero-order valence-corrected chi connectivity index (χ0v) is 16.0. The van der Waals surface area contributed by atoms with E-state index in [9.17, 15) is 14.7 Å². The molecule has 1 aromatic carbocycles. The van der Waals surface area contributed by atoms with Gasteiger partial charge in [0.2, 0.25) is 0 Å². The van der Waals surface area contributed by atoms with Crippen LogP contribution >= 0.6 is 34.8 Å². The molecule has 0 fully saturated rings. The molecule has 0 atom stereocenters. The summed E-state index contributed by atoms with van der Waals surface area (Å²) >= 11 is 18.2. The Kier molecular flexibility index (Phi) is 8.22. The van der Waals surface area contributed by atoms with Crippen molar-refractivity contribution < 1.29 is 24.2 Å². The van der Waals surface area contributed by atoms with E-state index in [4.69, 9.17) is 44.3 Å². The SMILES string of the molecule is CCOC(=O)C(C=Nc1cc(Cl)c(Cl)c(C(=O)OCC)c1Cl)=C(C)O. The highest BCUT2D eigenvalue weighted by atomic mass is 35.5. The largest absolute Gasteiger partial charge is 0.512 e. The lowest BCUT2D eigenvalue weighted by atomic mass is 10.2. The second-order valence-corrected chi connectivity index (χ2v) is 5.74. The number of carbonyl (C=O) groups is 2. The zero-order valence-electron chi connectivity index (χ0n) is 13.7. The second-order valence-electron chi connectivity index (χ2n) is 4.58. The maximum atomic E-state index is 12.0. The molecule has 136 valence electrons. The summed E-state index contributed by atoms with van der Waals surface area (Å²) in [6.45, 7) is 4.81. The number of carbonyl (C=O) groups excluding carboxylic acids is 2. The molecule has 1 aromatic rings. The van der Waals surface area contributed by atoms with Crippen molar-refractivity contribution in [2.45, 2.75) is 20.8 Å². The Morgan fingerprint density at radius 1 is 1.16 bits per heavy atom. The van der Waals surface area contributed by atoms with Crippen molar-refractivity contribution in [2.24, 2.45) is 4.99 Å². The third-order valence-electron chi connectivity index (χ3n) is 2.83. The van der Waals surface area contributed by atoms with Crippen LogP contribution < -0.4 is 0 Å². The molecule has 0 spiro atoms. The summed E-state index contributed by atoms with van der Waals surface area (Å²) in [6, 6.07) is 1.32. The topological polar surface area (TPSA) is 85.2 Å². The summed E-state index contributed by atoms with van der Waals surface area (Å²) in [5.74, 6) is -1.80. The predicted octanol–water partition coefficient (Wildman–Crippen LogP) is 4.92. The fraction of sp³-hybridized carbons (Fsp3) is 0.312. The van der Waals surface area contributed by atoms with E-state index in [2.05, 4.69) is 4.99 Å². The number of aliphatic hydroxyl groups excluding tert-OH is 1. The van der Waals surface area contributed by atoms with E-state index in [1.165, 1.54) is 13.0 Å². The van der Waals surface area contributed by atoms with E-state index in [1.54, 1.807) is 13.8 Å². The highest BCUT2D eigenvalue weighted by Crippen LogP contribution is 2.39. The fourth-order valence-corrected chi connectivity index (χ4v) is 2.45. The summed E-state index contributed by atoms with van der Waals surface area (Å²) < 4.78 is 9.71. The Labute approximate surface area is 160 Å². The van der Waals surface area contributed by atoms with Gasteiger partial charge in [0.05, 0.1) is 34.0 Å². The van der Waals surface area contributed by atoms with Crippen molar-refractivity contribution in [1.82, 2.24) is 0 Å². The molecule has 0 unspecified atom stereocenters. The first kappa shape index (κ1) is 21.3. The lowest BCUT2D eigenvalue weighted by Crippen LogP contribution is -2.10. The molecule has 0 saturated heterocycles. The minimum Gasteiger partial charge on any atom is -0.512 e. The van der Waals surface area contributed by atoms with Gasteiger partial charge in [0.1, 0.15) is 16.9 Å². The average Bonchev–Trinajstić information content (AvgIpc) is 2.52. The Morgan fingerprint density at radius 2 is 1.76 bits per heavy atom. The van der Waals surface area contributed by atoms with Gasteiger partial charge in [-0.25, -0.2) is 9.59 Å². The Balaban J connectivity index is 3.37.